The van der Waals surface area contributed by atoms with E-state index in [1.807, 2.05) is 49.4 Å². The zero-order valence-electron chi connectivity index (χ0n) is 17.7. The fourth-order valence-corrected chi connectivity index (χ4v) is 6.03. The van der Waals surface area contributed by atoms with Gasteiger partial charge in [0.25, 0.3) is 0 Å². The number of aryl methyl sites for hydroxylation is 1. The minimum Gasteiger partial charge on any atom is -0.294 e. The van der Waals surface area contributed by atoms with Crippen LogP contribution in [0.1, 0.15) is 36.6 Å². The van der Waals surface area contributed by atoms with Crippen LogP contribution in [0.15, 0.2) is 76.4 Å². The van der Waals surface area contributed by atoms with Gasteiger partial charge in [-0.05, 0) is 54.3 Å². The van der Waals surface area contributed by atoms with E-state index in [0.717, 1.165) is 28.9 Å². The molecule has 5 nitrogen and oxygen atoms in total. The highest BCUT2D eigenvalue weighted by atomic mass is 35.5. The smallest absolute Gasteiger partial charge is 0.294 e. The highest BCUT2D eigenvalue weighted by Gasteiger charge is 2.20. The first kappa shape index (κ1) is 22.7. The Morgan fingerprint density at radius 3 is 2.47 bits per heavy atom. The number of aromatic nitrogens is 1. The molecule has 0 radical (unpaired) electrons. The van der Waals surface area contributed by atoms with Gasteiger partial charge in [-0.25, -0.2) is 13.1 Å². The van der Waals surface area contributed by atoms with Gasteiger partial charge >= 0.3 is 4.87 Å². The van der Waals surface area contributed by atoms with E-state index in [1.165, 1.54) is 11.6 Å². The molecule has 32 heavy (non-hydrogen) atoms. The molecule has 0 unspecified atom stereocenters. The van der Waals surface area contributed by atoms with Crippen molar-refractivity contribution in [2.75, 3.05) is 0 Å². The molecule has 0 aliphatic heterocycles. The maximum Gasteiger partial charge on any atom is 0.308 e. The molecule has 166 valence electrons. The van der Waals surface area contributed by atoms with E-state index in [4.69, 9.17) is 11.6 Å². The fourth-order valence-electron chi connectivity index (χ4n) is 3.57. The van der Waals surface area contributed by atoms with E-state index in [1.54, 1.807) is 22.8 Å². The number of hydrogen-bond donors (Lipinski definition) is 1. The van der Waals surface area contributed by atoms with Gasteiger partial charge in [0, 0.05) is 11.1 Å². The predicted molar refractivity (Wildman–Crippen MR) is 131 cm³/mol. The lowest BCUT2D eigenvalue weighted by atomic mass is 10.1. The minimum atomic E-state index is -3.76. The quantitative estimate of drug-likeness (QED) is 0.382. The summed E-state index contributed by atoms with van der Waals surface area (Å²) in [6, 6.07) is 19.6. The van der Waals surface area contributed by atoms with E-state index in [2.05, 4.69) is 11.6 Å². The second-order valence-electron chi connectivity index (χ2n) is 7.61. The van der Waals surface area contributed by atoms with Crippen molar-refractivity contribution in [2.24, 2.45) is 0 Å². The number of fused-ring (bicyclic) bond motifs is 1. The van der Waals surface area contributed by atoms with Crippen LogP contribution in [0.5, 0.6) is 0 Å². The van der Waals surface area contributed by atoms with Crippen molar-refractivity contribution in [2.45, 2.75) is 37.8 Å². The van der Waals surface area contributed by atoms with Crippen molar-refractivity contribution in [3.8, 4) is 0 Å². The Bertz CT molecular complexity index is 1420. The summed E-state index contributed by atoms with van der Waals surface area (Å²) in [5, 5.41) is 0.586. The fraction of sp³-hybridized carbons (Fsp3) is 0.208. The minimum absolute atomic E-state index is 0.133. The van der Waals surface area contributed by atoms with E-state index < -0.39 is 10.0 Å². The van der Waals surface area contributed by atoms with Crippen molar-refractivity contribution >= 4 is 43.2 Å². The number of thiazole rings is 1. The number of benzene rings is 3. The SMILES string of the molecule is CCc1ccc([C@@H](C)NS(=O)(=O)c2ccc3c(c2)sc(=O)n3Cc2ccccc2Cl)cc1. The zero-order chi connectivity index (χ0) is 22.9. The van der Waals surface area contributed by atoms with Crippen LogP contribution in [0, 0.1) is 0 Å². The number of rotatable bonds is 7. The lowest BCUT2D eigenvalue weighted by Crippen LogP contribution is -2.26. The van der Waals surface area contributed by atoms with Crippen LogP contribution >= 0.6 is 22.9 Å². The van der Waals surface area contributed by atoms with E-state index in [0.29, 0.717) is 21.8 Å². The molecule has 0 saturated heterocycles. The van der Waals surface area contributed by atoms with Crippen molar-refractivity contribution in [3.63, 3.8) is 0 Å². The summed E-state index contributed by atoms with van der Waals surface area (Å²) in [5.41, 5.74) is 3.60. The summed E-state index contributed by atoms with van der Waals surface area (Å²) < 4.78 is 31.0. The van der Waals surface area contributed by atoms with Gasteiger partial charge in [0.1, 0.15) is 0 Å². The Balaban J connectivity index is 1.61. The lowest BCUT2D eigenvalue weighted by molar-refractivity contribution is 0.567. The molecule has 1 N–H and O–H groups in total. The van der Waals surface area contributed by atoms with Crippen LogP contribution in [0.3, 0.4) is 0 Å². The molecule has 8 heteroatoms. The topological polar surface area (TPSA) is 68.2 Å². The van der Waals surface area contributed by atoms with Crippen molar-refractivity contribution in [1.29, 1.82) is 0 Å². The first-order valence-electron chi connectivity index (χ1n) is 10.3. The molecule has 0 amide bonds. The van der Waals surface area contributed by atoms with Gasteiger partial charge in [0.2, 0.25) is 10.0 Å². The Hall–Kier alpha value is -2.45. The van der Waals surface area contributed by atoms with E-state index >= 15 is 0 Å². The molecule has 1 heterocycles. The van der Waals surface area contributed by atoms with Gasteiger partial charge in [-0.3, -0.25) is 9.36 Å². The summed E-state index contributed by atoms with van der Waals surface area (Å²) >= 11 is 7.27. The number of sulfonamides is 1. The molecule has 0 spiro atoms. The highest BCUT2D eigenvalue weighted by Crippen LogP contribution is 2.25. The molecule has 0 bridgehead atoms. The normalized spacial score (nSPS) is 12.8. The Morgan fingerprint density at radius 1 is 1.06 bits per heavy atom. The molecule has 1 atom stereocenters. The average Bonchev–Trinajstić information content (AvgIpc) is 3.09. The van der Waals surface area contributed by atoms with Gasteiger partial charge in [0.05, 0.1) is 21.7 Å². The zero-order valence-corrected chi connectivity index (χ0v) is 20.1. The molecule has 1 aromatic heterocycles. The van der Waals surface area contributed by atoms with Crippen LogP contribution in [0.4, 0.5) is 0 Å². The average molecular weight is 487 g/mol. The standard InChI is InChI=1S/C24H23ClN2O3S2/c1-3-17-8-10-18(11-9-17)16(2)26-32(29,30)20-12-13-22-23(14-20)31-24(28)27(22)15-19-6-4-5-7-21(19)25/h4-14,16,26H,3,15H2,1-2H3/t16-/m1/s1. The van der Waals surface area contributed by atoms with Crippen LogP contribution in [0.2, 0.25) is 5.02 Å². The van der Waals surface area contributed by atoms with E-state index in [-0.39, 0.29) is 15.8 Å². The third kappa shape index (κ3) is 4.66. The number of nitrogens with one attached hydrogen (secondary N) is 1. The van der Waals surface area contributed by atoms with Crippen LogP contribution < -0.4 is 9.60 Å². The summed E-state index contributed by atoms with van der Waals surface area (Å²) in [6.07, 6.45) is 0.930. The first-order valence-corrected chi connectivity index (χ1v) is 12.9. The van der Waals surface area contributed by atoms with Crippen LogP contribution in [-0.2, 0) is 23.0 Å². The van der Waals surface area contributed by atoms with E-state index in [9.17, 15) is 13.2 Å². The first-order chi connectivity index (χ1) is 15.3. The third-order valence-corrected chi connectivity index (χ3v) is 8.31. The number of hydrogen-bond acceptors (Lipinski definition) is 4. The van der Waals surface area contributed by atoms with Crippen molar-refractivity contribution in [1.82, 2.24) is 9.29 Å². The van der Waals surface area contributed by atoms with Crippen LogP contribution in [0.25, 0.3) is 10.2 Å². The maximum atomic E-state index is 13.0. The molecular formula is C24H23ClN2O3S2. The van der Waals surface area contributed by atoms with Gasteiger partial charge in [0.15, 0.2) is 0 Å². The largest absolute Gasteiger partial charge is 0.308 e. The molecule has 4 rings (SSSR count). The molecular weight excluding hydrogens is 464 g/mol. The highest BCUT2D eigenvalue weighted by molar-refractivity contribution is 7.89. The summed E-state index contributed by atoms with van der Waals surface area (Å²) in [7, 11) is -3.76. The molecule has 3 aromatic carbocycles. The van der Waals surface area contributed by atoms with Crippen molar-refractivity contribution < 1.29 is 8.42 Å². The van der Waals surface area contributed by atoms with Gasteiger partial charge in [-0.2, -0.15) is 0 Å². The molecule has 0 aliphatic carbocycles. The Morgan fingerprint density at radius 2 is 1.78 bits per heavy atom. The monoisotopic (exact) mass is 486 g/mol. The summed E-state index contributed by atoms with van der Waals surface area (Å²) in [6.45, 7) is 4.22. The van der Waals surface area contributed by atoms with Gasteiger partial charge < -0.3 is 0 Å². The van der Waals surface area contributed by atoms with Gasteiger partial charge in [-0.1, -0.05) is 72.3 Å². The Kier molecular flexibility index (Phi) is 6.53. The summed E-state index contributed by atoms with van der Waals surface area (Å²) in [5.74, 6) is 0. The Labute approximate surface area is 196 Å². The number of nitrogens with zero attached hydrogens (tertiary/aromatic N) is 1. The molecule has 0 fully saturated rings. The third-order valence-electron chi connectivity index (χ3n) is 5.46. The predicted octanol–water partition coefficient (Wildman–Crippen LogP) is 5.37. The lowest BCUT2D eigenvalue weighted by Gasteiger charge is -2.15. The second-order valence-corrected chi connectivity index (χ2v) is 10.7. The maximum absolute atomic E-state index is 13.0. The molecule has 4 aromatic rings. The summed E-state index contributed by atoms with van der Waals surface area (Å²) in [4.78, 5) is 12.6. The second kappa shape index (κ2) is 9.19. The van der Waals surface area contributed by atoms with Crippen LogP contribution in [-0.4, -0.2) is 13.0 Å². The van der Waals surface area contributed by atoms with Gasteiger partial charge in [-0.15, -0.1) is 0 Å². The van der Waals surface area contributed by atoms with Crippen molar-refractivity contribution in [3.05, 3.63) is 98.1 Å². The molecule has 0 saturated carbocycles. The molecule has 0 aliphatic rings. The number of halogens is 1.